The Hall–Kier alpha value is -1.43. The van der Waals surface area contributed by atoms with Crippen LogP contribution < -0.4 is 5.32 Å². The van der Waals surface area contributed by atoms with E-state index in [0.717, 1.165) is 13.1 Å². The molecule has 0 saturated carbocycles. The Labute approximate surface area is 101 Å². The number of aryl methyl sites for hydroxylation is 1. The van der Waals surface area contributed by atoms with Crippen LogP contribution in [-0.4, -0.2) is 51.7 Å². The largest absolute Gasteiger partial charge is 0.348 e. The number of carbonyl (C=O) groups excluding carboxylic acids is 1. The summed E-state index contributed by atoms with van der Waals surface area (Å²) >= 11 is 0. The van der Waals surface area contributed by atoms with Crippen molar-refractivity contribution in [3.8, 4) is 0 Å². The van der Waals surface area contributed by atoms with E-state index in [4.69, 9.17) is 0 Å². The molecule has 17 heavy (non-hydrogen) atoms. The van der Waals surface area contributed by atoms with Crippen molar-refractivity contribution in [2.45, 2.75) is 32.7 Å². The first-order valence-corrected chi connectivity index (χ1v) is 6.08. The first-order chi connectivity index (χ1) is 8.16. The van der Waals surface area contributed by atoms with Gasteiger partial charge in [-0.05, 0) is 39.8 Å². The molecule has 0 bridgehead atoms. The second kappa shape index (κ2) is 5.27. The molecule has 1 saturated heterocycles. The normalized spacial score (nSPS) is 18.2. The van der Waals surface area contributed by atoms with E-state index >= 15 is 0 Å². The van der Waals surface area contributed by atoms with Crippen LogP contribution in [0.3, 0.4) is 0 Å². The average Bonchev–Trinajstić information content (AvgIpc) is 2.95. The van der Waals surface area contributed by atoms with Gasteiger partial charge in [0.15, 0.2) is 0 Å². The van der Waals surface area contributed by atoms with Crippen molar-refractivity contribution >= 4 is 5.91 Å². The van der Waals surface area contributed by atoms with Crippen LogP contribution in [0.15, 0.2) is 0 Å². The lowest BCUT2D eigenvalue weighted by Crippen LogP contribution is -2.40. The molecule has 0 aliphatic carbocycles. The third-order valence-electron chi connectivity index (χ3n) is 3.12. The van der Waals surface area contributed by atoms with Crippen molar-refractivity contribution in [2.75, 3.05) is 19.6 Å². The number of amides is 1. The summed E-state index contributed by atoms with van der Waals surface area (Å²) in [5.41, 5.74) is 0. The van der Waals surface area contributed by atoms with E-state index in [-0.39, 0.29) is 11.7 Å². The molecule has 1 aromatic heterocycles. The van der Waals surface area contributed by atoms with Gasteiger partial charge in [-0.1, -0.05) is 0 Å². The number of H-pyrrole nitrogens is 1. The van der Waals surface area contributed by atoms with Crippen molar-refractivity contribution in [1.29, 1.82) is 0 Å². The van der Waals surface area contributed by atoms with Gasteiger partial charge in [-0.25, -0.2) is 4.98 Å². The van der Waals surface area contributed by atoms with E-state index < -0.39 is 0 Å². The Bertz CT molecular complexity index is 383. The predicted molar refractivity (Wildman–Crippen MR) is 63.7 cm³/mol. The summed E-state index contributed by atoms with van der Waals surface area (Å²) in [6.07, 6.45) is 2.52. The summed E-state index contributed by atoms with van der Waals surface area (Å²) in [7, 11) is 0. The Morgan fingerprint density at radius 1 is 1.53 bits per heavy atom. The molecule has 1 aromatic rings. The molecule has 2 rings (SSSR count). The van der Waals surface area contributed by atoms with Crippen LogP contribution in [0.1, 0.15) is 36.2 Å². The highest BCUT2D eigenvalue weighted by molar-refractivity contribution is 5.90. The number of carbonyl (C=O) groups is 1. The van der Waals surface area contributed by atoms with Crippen LogP contribution >= 0.6 is 0 Å². The number of nitrogens with one attached hydrogen (secondary N) is 2. The molecule has 0 aromatic carbocycles. The van der Waals surface area contributed by atoms with Gasteiger partial charge in [0, 0.05) is 12.6 Å². The molecular weight excluding hydrogens is 218 g/mol. The molecule has 2 heterocycles. The van der Waals surface area contributed by atoms with Gasteiger partial charge in [-0.15, -0.1) is 5.10 Å². The minimum absolute atomic E-state index is 0.208. The summed E-state index contributed by atoms with van der Waals surface area (Å²) in [6, 6.07) is 0.376. The zero-order valence-corrected chi connectivity index (χ0v) is 10.4. The monoisotopic (exact) mass is 237 g/mol. The van der Waals surface area contributed by atoms with E-state index in [9.17, 15) is 4.79 Å². The van der Waals surface area contributed by atoms with E-state index in [1.165, 1.54) is 12.8 Å². The SMILES string of the molecule is Cc1nc(C(=O)NCC(C)N2CCCC2)n[nH]1. The average molecular weight is 237 g/mol. The number of likely N-dealkylation sites (tertiary alicyclic amines) is 1. The Morgan fingerprint density at radius 2 is 2.24 bits per heavy atom. The van der Waals surface area contributed by atoms with Gasteiger partial charge >= 0.3 is 0 Å². The number of nitrogens with zero attached hydrogens (tertiary/aromatic N) is 3. The first-order valence-electron chi connectivity index (χ1n) is 6.08. The van der Waals surface area contributed by atoms with Crippen molar-refractivity contribution in [3.63, 3.8) is 0 Å². The van der Waals surface area contributed by atoms with Gasteiger partial charge in [-0.2, -0.15) is 0 Å². The maximum absolute atomic E-state index is 11.7. The zero-order valence-electron chi connectivity index (χ0n) is 10.4. The van der Waals surface area contributed by atoms with E-state index in [1.54, 1.807) is 6.92 Å². The second-order valence-electron chi connectivity index (χ2n) is 4.55. The topological polar surface area (TPSA) is 73.9 Å². The summed E-state index contributed by atoms with van der Waals surface area (Å²) in [4.78, 5) is 18.1. The van der Waals surface area contributed by atoms with Gasteiger partial charge in [0.05, 0.1) is 0 Å². The third kappa shape index (κ3) is 3.03. The molecule has 94 valence electrons. The molecule has 6 nitrogen and oxygen atoms in total. The lowest BCUT2D eigenvalue weighted by Gasteiger charge is -2.23. The summed E-state index contributed by atoms with van der Waals surface area (Å²) in [5.74, 6) is 0.666. The number of aromatic amines is 1. The highest BCUT2D eigenvalue weighted by atomic mass is 16.2. The highest BCUT2D eigenvalue weighted by Gasteiger charge is 2.19. The Balaban J connectivity index is 1.79. The lowest BCUT2D eigenvalue weighted by molar-refractivity contribution is 0.0930. The van der Waals surface area contributed by atoms with Crippen molar-refractivity contribution < 1.29 is 4.79 Å². The predicted octanol–water partition coefficient (Wildman–Crippen LogP) is 0.327. The number of aromatic nitrogens is 3. The van der Waals surface area contributed by atoms with Crippen LogP contribution in [-0.2, 0) is 0 Å². The van der Waals surface area contributed by atoms with E-state index in [0.29, 0.717) is 18.4 Å². The summed E-state index contributed by atoms with van der Waals surface area (Å²) in [6.45, 7) is 6.82. The number of hydrogen-bond acceptors (Lipinski definition) is 4. The summed E-state index contributed by atoms with van der Waals surface area (Å²) < 4.78 is 0. The van der Waals surface area contributed by atoms with Crippen LogP contribution in [0.25, 0.3) is 0 Å². The van der Waals surface area contributed by atoms with Crippen molar-refractivity contribution in [3.05, 3.63) is 11.6 Å². The highest BCUT2D eigenvalue weighted by Crippen LogP contribution is 2.10. The number of hydrogen-bond donors (Lipinski definition) is 2. The molecule has 0 spiro atoms. The third-order valence-corrected chi connectivity index (χ3v) is 3.12. The Kier molecular flexibility index (Phi) is 3.73. The quantitative estimate of drug-likeness (QED) is 0.791. The van der Waals surface area contributed by atoms with Gasteiger partial charge in [-0.3, -0.25) is 14.8 Å². The molecule has 0 radical (unpaired) electrons. The molecule has 1 unspecified atom stereocenters. The second-order valence-corrected chi connectivity index (χ2v) is 4.55. The molecule has 1 aliphatic rings. The van der Waals surface area contributed by atoms with Crippen molar-refractivity contribution in [2.24, 2.45) is 0 Å². The first kappa shape index (κ1) is 12.0. The van der Waals surface area contributed by atoms with Crippen LogP contribution in [0.5, 0.6) is 0 Å². The van der Waals surface area contributed by atoms with Gasteiger partial charge in [0.1, 0.15) is 5.82 Å². The Morgan fingerprint density at radius 3 is 2.82 bits per heavy atom. The van der Waals surface area contributed by atoms with E-state index in [2.05, 4.69) is 32.3 Å². The standard InChI is InChI=1S/C11H19N5O/c1-8(16-5-3-4-6-16)7-12-11(17)10-13-9(2)14-15-10/h8H,3-7H2,1-2H3,(H,12,17)(H,13,14,15). The number of rotatable bonds is 4. The fourth-order valence-electron chi connectivity index (χ4n) is 2.08. The minimum atomic E-state index is -0.208. The minimum Gasteiger partial charge on any atom is -0.348 e. The van der Waals surface area contributed by atoms with E-state index in [1.807, 2.05) is 0 Å². The lowest BCUT2D eigenvalue weighted by atomic mass is 10.3. The smallest absolute Gasteiger partial charge is 0.291 e. The molecular formula is C11H19N5O. The zero-order chi connectivity index (χ0) is 12.3. The molecule has 1 aliphatic heterocycles. The fourth-order valence-corrected chi connectivity index (χ4v) is 2.08. The summed E-state index contributed by atoms with van der Waals surface area (Å²) in [5, 5.41) is 9.35. The van der Waals surface area contributed by atoms with Gasteiger partial charge < -0.3 is 5.32 Å². The van der Waals surface area contributed by atoms with Crippen LogP contribution in [0.2, 0.25) is 0 Å². The van der Waals surface area contributed by atoms with Crippen molar-refractivity contribution in [1.82, 2.24) is 25.4 Å². The van der Waals surface area contributed by atoms with Gasteiger partial charge in [0.25, 0.3) is 5.91 Å². The molecule has 1 amide bonds. The van der Waals surface area contributed by atoms with Gasteiger partial charge in [0.2, 0.25) is 5.82 Å². The molecule has 1 atom stereocenters. The van der Waals surface area contributed by atoms with Crippen LogP contribution in [0, 0.1) is 6.92 Å². The van der Waals surface area contributed by atoms with Crippen LogP contribution in [0.4, 0.5) is 0 Å². The fraction of sp³-hybridized carbons (Fsp3) is 0.727. The maximum atomic E-state index is 11.7. The molecule has 6 heteroatoms. The maximum Gasteiger partial charge on any atom is 0.291 e. The molecule has 2 N–H and O–H groups in total. The molecule has 1 fully saturated rings.